The standard InChI is InChI=1S/C19H17BrN2O3/c1-9-6-12(18(23)13(20)7-9)17-16-11(8-15(22-17)19(24)25)10-4-2-3-5-14(10)21-16/h2-7,15,17,21-23H,8H2,1H3,(H,24,25)/t15-,17+/m0/s1. The van der Waals surface area contributed by atoms with Crippen LogP contribution >= 0.6 is 15.9 Å². The second-order valence-electron chi connectivity index (χ2n) is 6.55. The molecule has 1 aliphatic rings. The molecule has 3 aromatic rings. The van der Waals surface area contributed by atoms with Crippen molar-refractivity contribution in [2.75, 3.05) is 0 Å². The van der Waals surface area contributed by atoms with Gasteiger partial charge in [0.1, 0.15) is 11.8 Å². The molecule has 0 fully saturated rings. The normalized spacial score (nSPS) is 19.8. The van der Waals surface area contributed by atoms with Gasteiger partial charge in [-0.25, -0.2) is 0 Å². The van der Waals surface area contributed by atoms with Gasteiger partial charge >= 0.3 is 0 Å². The highest BCUT2D eigenvalue weighted by Crippen LogP contribution is 2.38. The summed E-state index contributed by atoms with van der Waals surface area (Å²) in [6, 6.07) is 10.6. The van der Waals surface area contributed by atoms with Gasteiger partial charge in [0.05, 0.1) is 21.7 Å². The molecule has 0 bridgehead atoms. The lowest BCUT2D eigenvalue weighted by Gasteiger charge is -2.29. The van der Waals surface area contributed by atoms with Crippen molar-refractivity contribution in [2.24, 2.45) is 0 Å². The van der Waals surface area contributed by atoms with Crippen LogP contribution in [0.25, 0.3) is 10.9 Å². The number of benzene rings is 2. The average Bonchev–Trinajstić information content (AvgIpc) is 2.96. The van der Waals surface area contributed by atoms with E-state index < -0.39 is 12.0 Å². The topological polar surface area (TPSA) is 92.8 Å². The number of carboxylic acids is 1. The Hall–Kier alpha value is -2.31. The molecule has 4 rings (SSSR count). The fraction of sp³-hybridized carbons (Fsp3) is 0.211. The maximum atomic E-state index is 11.6. The maximum absolute atomic E-state index is 11.6. The van der Waals surface area contributed by atoms with Crippen molar-refractivity contribution < 1.29 is 20.3 Å². The Kier molecular flexibility index (Phi) is 3.81. The van der Waals surface area contributed by atoms with Gasteiger partial charge in [0, 0.05) is 17.3 Å². The van der Waals surface area contributed by atoms with Gasteiger partial charge in [-0.3, -0.25) is 0 Å². The molecule has 0 aliphatic carbocycles. The molecule has 6 heteroatoms. The molecule has 2 heterocycles. The fourth-order valence-corrected chi connectivity index (χ4v) is 4.33. The lowest BCUT2D eigenvalue weighted by atomic mass is 9.89. The van der Waals surface area contributed by atoms with Crippen molar-refractivity contribution in [3.63, 3.8) is 0 Å². The van der Waals surface area contributed by atoms with E-state index in [2.05, 4.69) is 20.9 Å². The second-order valence-corrected chi connectivity index (χ2v) is 7.40. The van der Waals surface area contributed by atoms with Gasteiger partial charge in [0.25, 0.3) is 0 Å². The van der Waals surface area contributed by atoms with Crippen LogP contribution in [0.2, 0.25) is 0 Å². The summed E-state index contributed by atoms with van der Waals surface area (Å²) in [6.45, 7) is 1.94. The summed E-state index contributed by atoms with van der Waals surface area (Å²) < 4.78 is 0.601. The third kappa shape index (κ3) is 2.62. The lowest BCUT2D eigenvalue weighted by Crippen LogP contribution is -2.95. The van der Waals surface area contributed by atoms with Gasteiger partial charge in [-0.15, -0.1) is 0 Å². The number of halogens is 1. The van der Waals surface area contributed by atoms with Crippen LogP contribution in [0.1, 0.15) is 28.4 Å². The van der Waals surface area contributed by atoms with E-state index in [-0.39, 0.29) is 11.8 Å². The number of carboxylic acid groups (broad SMARTS) is 1. The van der Waals surface area contributed by atoms with Crippen LogP contribution in [-0.2, 0) is 11.2 Å². The Bertz CT molecular complexity index is 996. The third-order valence-corrected chi connectivity index (χ3v) is 5.49. The Morgan fingerprint density at radius 2 is 2.12 bits per heavy atom. The SMILES string of the molecule is Cc1cc(Br)c(O)c([C@H]2[NH2+][C@H](C(=O)[O-])Cc3c2[nH]c2ccccc32)c1. The zero-order valence-electron chi connectivity index (χ0n) is 13.5. The smallest absolute Gasteiger partial charge is 0.157 e. The molecule has 128 valence electrons. The van der Waals surface area contributed by atoms with Crippen molar-refractivity contribution in [1.29, 1.82) is 0 Å². The lowest BCUT2D eigenvalue weighted by molar-refractivity contribution is -0.717. The van der Waals surface area contributed by atoms with E-state index in [9.17, 15) is 15.0 Å². The highest BCUT2D eigenvalue weighted by atomic mass is 79.9. The highest BCUT2D eigenvalue weighted by Gasteiger charge is 2.36. The minimum absolute atomic E-state index is 0.135. The first-order valence-electron chi connectivity index (χ1n) is 8.10. The Balaban J connectivity index is 1.96. The number of hydrogen-bond donors (Lipinski definition) is 3. The van der Waals surface area contributed by atoms with Crippen LogP contribution in [0, 0.1) is 6.92 Å². The Labute approximate surface area is 152 Å². The summed E-state index contributed by atoms with van der Waals surface area (Å²) in [4.78, 5) is 15.0. The molecule has 0 saturated heterocycles. The molecule has 0 amide bonds. The van der Waals surface area contributed by atoms with Crippen LogP contribution in [0.5, 0.6) is 5.75 Å². The predicted octanol–water partition coefficient (Wildman–Crippen LogP) is 1.27. The van der Waals surface area contributed by atoms with Crippen molar-refractivity contribution in [1.82, 2.24) is 4.98 Å². The maximum Gasteiger partial charge on any atom is 0.157 e. The van der Waals surface area contributed by atoms with Gasteiger partial charge in [-0.05, 0) is 52.2 Å². The Morgan fingerprint density at radius 1 is 1.36 bits per heavy atom. The molecule has 0 spiro atoms. The van der Waals surface area contributed by atoms with E-state index in [1.807, 2.05) is 43.3 Å². The summed E-state index contributed by atoms with van der Waals surface area (Å²) in [5, 5.41) is 24.9. The van der Waals surface area contributed by atoms with Crippen LogP contribution in [0.4, 0.5) is 0 Å². The van der Waals surface area contributed by atoms with E-state index in [4.69, 9.17) is 0 Å². The van der Waals surface area contributed by atoms with Crippen molar-refractivity contribution in [3.8, 4) is 5.75 Å². The molecule has 2 atom stereocenters. The van der Waals surface area contributed by atoms with Crippen molar-refractivity contribution in [3.05, 3.63) is 63.3 Å². The molecule has 4 N–H and O–H groups in total. The summed E-state index contributed by atoms with van der Waals surface area (Å²) in [6.07, 6.45) is 0.395. The minimum atomic E-state index is -1.09. The number of aromatic amines is 1. The van der Waals surface area contributed by atoms with E-state index in [0.29, 0.717) is 16.5 Å². The van der Waals surface area contributed by atoms with E-state index in [0.717, 1.165) is 27.7 Å². The number of carbonyl (C=O) groups is 1. The number of aromatic nitrogens is 1. The summed E-state index contributed by atoms with van der Waals surface area (Å²) in [7, 11) is 0. The largest absolute Gasteiger partial charge is 0.544 e. The van der Waals surface area contributed by atoms with Crippen molar-refractivity contribution >= 4 is 32.8 Å². The number of nitrogens with one attached hydrogen (secondary N) is 1. The highest BCUT2D eigenvalue weighted by molar-refractivity contribution is 9.10. The Morgan fingerprint density at radius 3 is 2.88 bits per heavy atom. The molecule has 0 saturated carbocycles. The zero-order chi connectivity index (χ0) is 17.7. The number of aliphatic carboxylic acids is 1. The molecule has 1 aliphatic heterocycles. The summed E-state index contributed by atoms with van der Waals surface area (Å²) >= 11 is 3.38. The number of rotatable bonds is 2. The molecular weight excluding hydrogens is 384 g/mol. The number of H-pyrrole nitrogens is 1. The van der Waals surface area contributed by atoms with Crippen molar-refractivity contribution in [2.45, 2.75) is 25.4 Å². The first-order chi connectivity index (χ1) is 12.0. The van der Waals surface area contributed by atoms with Gasteiger partial charge in [0.15, 0.2) is 6.04 Å². The molecule has 2 aromatic carbocycles. The average molecular weight is 401 g/mol. The van der Waals surface area contributed by atoms with Crippen LogP contribution < -0.4 is 10.4 Å². The quantitative estimate of drug-likeness (QED) is 0.604. The summed E-state index contributed by atoms with van der Waals surface area (Å²) in [5.74, 6) is -0.956. The van der Waals surface area contributed by atoms with Gasteiger partial charge in [-0.1, -0.05) is 18.2 Å². The fourth-order valence-electron chi connectivity index (χ4n) is 3.74. The molecule has 0 radical (unpaired) electrons. The number of hydrogen-bond acceptors (Lipinski definition) is 3. The number of aromatic hydroxyl groups is 1. The number of para-hydroxylation sites is 1. The number of carbonyl (C=O) groups excluding carboxylic acids is 1. The molecule has 25 heavy (non-hydrogen) atoms. The molecule has 5 nitrogen and oxygen atoms in total. The number of phenolic OH excluding ortho intramolecular Hbond substituents is 1. The number of aryl methyl sites for hydroxylation is 1. The van der Waals surface area contributed by atoms with E-state index >= 15 is 0 Å². The number of quaternary nitrogens is 1. The minimum Gasteiger partial charge on any atom is -0.544 e. The molecule has 1 aromatic heterocycles. The van der Waals surface area contributed by atoms with Gasteiger partial charge < -0.3 is 25.3 Å². The monoisotopic (exact) mass is 400 g/mol. The predicted molar refractivity (Wildman–Crippen MR) is 95.1 cm³/mol. The first-order valence-corrected chi connectivity index (χ1v) is 8.89. The second kappa shape index (κ2) is 5.89. The number of phenols is 1. The van der Waals surface area contributed by atoms with Gasteiger partial charge in [-0.2, -0.15) is 0 Å². The van der Waals surface area contributed by atoms with Crippen LogP contribution in [0.15, 0.2) is 40.9 Å². The van der Waals surface area contributed by atoms with Crippen LogP contribution in [0.3, 0.4) is 0 Å². The first kappa shape index (κ1) is 16.2. The van der Waals surface area contributed by atoms with Gasteiger partial charge in [0.2, 0.25) is 0 Å². The van der Waals surface area contributed by atoms with E-state index in [1.54, 1.807) is 5.32 Å². The van der Waals surface area contributed by atoms with E-state index in [1.165, 1.54) is 0 Å². The molecular formula is C19H17BrN2O3. The third-order valence-electron chi connectivity index (χ3n) is 4.88. The molecule has 0 unspecified atom stereocenters. The number of nitrogens with two attached hydrogens (primary N) is 1. The van der Waals surface area contributed by atoms with Crippen LogP contribution in [-0.4, -0.2) is 22.1 Å². The number of fused-ring (bicyclic) bond motifs is 3. The summed E-state index contributed by atoms with van der Waals surface area (Å²) in [5.41, 5.74) is 4.56. The zero-order valence-corrected chi connectivity index (χ0v) is 15.1.